The Morgan fingerprint density at radius 3 is 2.50 bits per heavy atom. The number of rotatable bonds is 4. The number of aromatic nitrogens is 1. The Balaban J connectivity index is 1.63. The summed E-state index contributed by atoms with van der Waals surface area (Å²) in [6.45, 7) is 6.58. The van der Waals surface area contributed by atoms with Gasteiger partial charge in [-0.25, -0.2) is 4.98 Å². The van der Waals surface area contributed by atoms with E-state index in [1.54, 1.807) is 11.3 Å². The maximum Gasteiger partial charge on any atom is 0.290 e. The van der Waals surface area contributed by atoms with Gasteiger partial charge in [0.1, 0.15) is 10.8 Å². The summed E-state index contributed by atoms with van der Waals surface area (Å²) >= 11 is 1.64. The number of amides is 1. The lowest BCUT2D eigenvalue weighted by Crippen LogP contribution is -2.43. The minimum atomic E-state index is -0.510. The summed E-state index contributed by atoms with van der Waals surface area (Å²) in [7, 11) is 0. The van der Waals surface area contributed by atoms with Crippen molar-refractivity contribution in [3.05, 3.63) is 70.9 Å². The number of benzene rings is 2. The molecule has 0 radical (unpaired) electrons. The van der Waals surface area contributed by atoms with Crippen molar-refractivity contribution >= 4 is 27.5 Å². The molecular weight excluding hydrogens is 344 g/mol. The van der Waals surface area contributed by atoms with E-state index in [0.29, 0.717) is 18.1 Å². The second-order valence-corrected chi connectivity index (χ2v) is 7.99. The van der Waals surface area contributed by atoms with Crippen LogP contribution in [-0.4, -0.2) is 22.3 Å². The summed E-state index contributed by atoms with van der Waals surface area (Å²) in [5.41, 5.74) is 1.40. The van der Waals surface area contributed by atoms with Gasteiger partial charge in [0.15, 0.2) is 5.76 Å². The number of carbonyl (C=O) groups is 1. The number of para-hydroxylation sites is 2. The van der Waals surface area contributed by atoms with Gasteiger partial charge in [0.2, 0.25) is 0 Å². The maximum atomic E-state index is 13.1. The van der Waals surface area contributed by atoms with Crippen molar-refractivity contribution in [2.45, 2.75) is 26.3 Å². The summed E-state index contributed by atoms with van der Waals surface area (Å²) in [5.74, 6) is 1.01. The molecule has 4 rings (SSSR count). The first kappa shape index (κ1) is 16.8. The average Bonchev–Trinajstić information content (AvgIpc) is 3.20. The van der Waals surface area contributed by atoms with E-state index >= 15 is 0 Å². The molecule has 2 aromatic carbocycles. The van der Waals surface area contributed by atoms with Gasteiger partial charge in [0.25, 0.3) is 5.91 Å². The quantitative estimate of drug-likeness (QED) is 0.672. The van der Waals surface area contributed by atoms with Crippen LogP contribution in [0.1, 0.15) is 25.8 Å². The van der Waals surface area contributed by atoms with Gasteiger partial charge in [-0.15, -0.1) is 11.3 Å². The minimum Gasteiger partial charge on any atom is -0.452 e. The second kappa shape index (κ2) is 6.25. The Morgan fingerprint density at radius 1 is 1.08 bits per heavy atom. The van der Waals surface area contributed by atoms with Gasteiger partial charge in [-0.05, 0) is 50.6 Å². The van der Waals surface area contributed by atoms with Crippen LogP contribution in [0.5, 0.6) is 5.75 Å². The summed E-state index contributed by atoms with van der Waals surface area (Å²) in [4.78, 5) is 19.7. The van der Waals surface area contributed by atoms with Crippen LogP contribution in [0.2, 0.25) is 0 Å². The molecule has 0 saturated heterocycles. The van der Waals surface area contributed by atoms with Crippen molar-refractivity contribution in [3.63, 3.8) is 0 Å². The number of carbonyl (C=O) groups excluding carboxylic acids is 1. The van der Waals surface area contributed by atoms with Gasteiger partial charge in [0.05, 0.1) is 15.8 Å². The monoisotopic (exact) mass is 364 g/mol. The molecule has 5 heteroatoms. The molecule has 3 aromatic rings. The molecule has 2 heterocycles. The van der Waals surface area contributed by atoms with E-state index in [9.17, 15) is 4.79 Å². The number of nitrogens with zero attached hydrogens (tertiary/aromatic N) is 2. The van der Waals surface area contributed by atoms with Crippen molar-refractivity contribution < 1.29 is 9.53 Å². The Hall–Kier alpha value is -2.66. The first-order chi connectivity index (χ1) is 12.5. The molecule has 4 nitrogen and oxygen atoms in total. The SMILES string of the molecule is CC1=C(Oc2ccccc2)C(=O)N(C(C)(C)c2nc3ccccc3s2)C1. The highest BCUT2D eigenvalue weighted by Crippen LogP contribution is 2.38. The average molecular weight is 364 g/mol. The van der Waals surface area contributed by atoms with Crippen LogP contribution in [-0.2, 0) is 10.3 Å². The van der Waals surface area contributed by atoms with Gasteiger partial charge in [-0.1, -0.05) is 30.3 Å². The molecule has 1 aliphatic heterocycles. The molecule has 26 heavy (non-hydrogen) atoms. The predicted octanol–water partition coefficient (Wildman–Crippen LogP) is 4.73. The lowest BCUT2D eigenvalue weighted by Gasteiger charge is -2.33. The van der Waals surface area contributed by atoms with Crippen molar-refractivity contribution in [1.29, 1.82) is 0 Å². The summed E-state index contributed by atoms with van der Waals surface area (Å²) < 4.78 is 7.02. The fourth-order valence-corrected chi connectivity index (χ4v) is 4.20. The Labute approximate surface area is 156 Å². The zero-order valence-electron chi connectivity index (χ0n) is 15.0. The fraction of sp³-hybridized carbons (Fsp3) is 0.238. The summed E-state index contributed by atoms with van der Waals surface area (Å²) in [6, 6.07) is 17.5. The predicted molar refractivity (Wildman–Crippen MR) is 104 cm³/mol. The van der Waals surface area contributed by atoms with Gasteiger partial charge < -0.3 is 9.64 Å². The first-order valence-corrected chi connectivity index (χ1v) is 9.39. The number of fused-ring (bicyclic) bond motifs is 1. The van der Waals surface area contributed by atoms with E-state index in [1.807, 2.05) is 74.2 Å². The van der Waals surface area contributed by atoms with Crippen molar-refractivity contribution in [3.8, 4) is 5.75 Å². The Morgan fingerprint density at radius 2 is 1.77 bits per heavy atom. The third-order valence-corrected chi connectivity index (χ3v) is 6.03. The van der Waals surface area contributed by atoms with Crippen molar-refractivity contribution in [1.82, 2.24) is 9.88 Å². The van der Waals surface area contributed by atoms with Gasteiger partial charge in [-0.2, -0.15) is 0 Å². The highest BCUT2D eigenvalue weighted by atomic mass is 32.1. The maximum absolute atomic E-state index is 13.1. The number of ether oxygens (including phenoxy) is 1. The molecule has 0 atom stereocenters. The molecule has 0 N–H and O–H groups in total. The highest BCUT2D eigenvalue weighted by Gasteiger charge is 2.42. The lowest BCUT2D eigenvalue weighted by molar-refractivity contribution is -0.132. The standard InChI is InChI=1S/C21H20N2O2S/c1-14-13-23(19(24)18(14)25-15-9-5-4-6-10-15)21(2,3)20-22-16-11-7-8-12-17(16)26-20/h4-12H,13H2,1-3H3. The van der Waals surface area contributed by atoms with Crippen LogP contribution < -0.4 is 4.74 Å². The largest absolute Gasteiger partial charge is 0.452 e. The topological polar surface area (TPSA) is 42.4 Å². The molecule has 0 fully saturated rings. The molecular formula is C21H20N2O2S. The van der Waals surface area contributed by atoms with Crippen molar-refractivity contribution in [2.24, 2.45) is 0 Å². The third kappa shape index (κ3) is 2.78. The normalized spacial score (nSPS) is 15.2. The van der Waals surface area contributed by atoms with E-state index in [0.717, 1.165) is 20.8 Å². The van der Waals surface area contributed by atoms with E-state index in [-0.39, 0.29) is 5.91 Å². The minimum absolute atomic E-state index is 0.0874. The van der Waals surface area contributed by atoms with E-state index in [2.05, 4.69) is 6.07 Å². The first-order valence-electron chi connectivity index (χ1n) is 8.57. The fourth-order valence-electron chi connectivity index (χ4n) is 3.12. The van der Waals surface area contributed by atoms with E-state index < -0.39 is 5.54 Å². The third-order valence-electron chi connectivity index (χ3n) is 4.68. The summed E-state index contributed by atoms with van der Waals surface area (Å²) in [5, 5.41) is 0.931. The van der Waals surface area contributed by atoms with Gasteiger partial charge >= 0.3 is 0 Å². The van der Waals surface area contributed by atoms with E-state index in [1.165, 1.54) is 0 Å². The smallest absolute Gasteiger partial charge is 0.290 e. The molecule has 1 aromatic heterocycles. The molecule has 0 unspecified atom stereocenters. The second-order valence-electron chi connectivity index (χ2n) is 6.96. The Bertz CT molecular complexity index is 972. The summed E-state index contributed by atoms with van der Waals surface area (Å²) in [6.07, 6.45) is 0. The van der Waals surface area contributed by atoms with Crippen LogP contribution in [0.4, 0.5) is 0 Å². The lowest BCUT2D eigenvalue weighted by atomic mass is 10.0. The molecule has 0 spiro atoms. The molecule has 0 bridgehead atoms. The van der Waals surface area contributed by atoms with Crippen LogP contribution in [0.25, 0.3) is 10.2 Å². The molecule has 1 amide bonds. The number of thiazole rings is 1. The molecule has 0 aliphatic carbocycles. The van der Waals surface area contributed by atoms with Gasteiger partial charge in [-0.3, -0.25) is 4.79 Å². The van der Waals surface area contributed by atoms with Crippen LogP contribution >= 0.6 is 11.3 Å². The molecule has 0 saturated carbocycles. The van der Waals surface area contributed by atoms with Crippen molar-refractivity contribution in [2.75, 3.05) is 6.54 Å². The zero-order chi connectivity index (χ0) is 18.3. The van der Waals surface area contributed by atoms with Crippen LogP contribution in [0, 0.1) is 0 Å². The highest BCUT2D eigenvalue weighted by molar-refractivity contribution is 7.18. The number of hydrogen-bond donors (Lipinski definition) is 0. The van der Waals surface area contributed by atoms with Gasteiger partial charge in [0, 0.05) is 6.54 Å². The van der Waals surface area contributed by atoms with Crippen LogP contribution in [0.15, 0.2) is 65.9 Å². The number of hydrogen-bond acceptors (Lipinski definition) is 4. The zero-order valence-corrected chi connectivity index (χ0v) is 15.8. The van der Waals surface area contributed by atoms with Crippen LogP contribution in [0.3, 0.4) is 0 Å². The Kier molecular flexibility index (Phi) is 4.04. The molecule has 1 aliphatic rings. The molecule has 132 valence electrons. The van der Waals surface area contributed by atoms with E-state index in [4.69, 9.17) is 9.72 Å².